The molecule has 6 nitrogen and oxygen atoms in total. The van der Waals surface area contributed by atoms with Crippen LogP contribution in [-0.2, 0) is 6.54 Å². The number of nitrogens with two attached hydrogens (primary N) is 1. The van der Waals surface area contributed by atoms with Gasteiger partial charge in [0, 0.05) is 35.3 Å². The predicted molar refractivity (Wildman–Crippen MR) is 122 cm³/mol. The van der Waals surface area contributed by atoms with Crippen molar-refractivity contribution < 1.29 is 9.13 Å². The molecular formula is C26H20FN5O. The van der Waals surface area contributed by atoms with Gasteiger partial charge in [0.1, 0.15) is 18.0 Å². The smallest absolute Gasteiger partial charge is 0.170 e. The highest BCUT2D eigenvalue weighted by atomic mass is 19.1. The van der Waals surface area contributed by atoms with Crippen LogP contribution < -0.4 is 10.5 Å². The molecule has 7 heteroatoms. The number of nitriles is 1. The number of aromatic nitrogens is 3. The van der Waals surface area contributed by atoms with E-state index in [0.717, 1.165) is 45.5 Å². The van der Waals surface area contributed by atoms with Crippen molar-refractivity contribution in [3.05, 3.63) is 83.1 Å². The molecule has 162 valence electrons. The molecule has 33 heavy (non-hydrogen) atoms. The van der Waals surface area contributed by atoms with Gasteiger partial charge in [-0.05, 0) is 48.2 Å². The monoisotopic (exact) mass is 437 g/mol. The summed E-state index contributed by atoms with van der Waals surface area (Å²) in [5.41, 5.74) is 12.7. The molecule has 2 atom stereocenters. The molecule has 0 amide bonds. The lowest BCUT2D eigenvalue weighted by Gasteiger charge is -2.24. The van der Waals surface area contributed by atoms with Crippen LogP contribution >= 0.6 is 0 Å². The molecule has 2 aromatic heterocycles. The number of fused-ring (bicyclic) bond motifs is 7. The summed E-state index contributed by atoms with van der Waals surface area (Å²) in [6, 6.07) is 17.0. The van der Waals surface area contributed by atoms with Gasteiger partial charge < -0.3 is 10.5 Å². The highest BCUT2D eigenvalue weighted by molar-refractivity contribution is 5.78. The first-order valence-electron chi connectivity index (χ1n) is 10.9. The second-order valence-corrected chi connectivity index (χ2v) is 8.47. The number of nitrogen functional groups attached to an aromatic ring is 1. The number of anilines is 1. The Morgan fingerprint density at radius 1 is 1.15 bits per heavy atom. The van der Waals surface area contributed by atoms with E-state index in [1.54, 1.807) is 18.3 Å². The van der Waals surface area contributed by atoms with Crippen LogP contribution in [0.5, 0.6) is 5.75 Å². The summed E-state index contributed by atoms with van der Waals surface area (Å²) in [5, 5.41) is 14.4. The number of aryl methyl sites for hydroxylation is 1. The zero-order valence-electron chi connectivity index (χ0n) is 17.9. The average Bonchev–Trinajstić information content (AvgIpc) is 3.39. The second kappa shape index (κ2) is 7.17. The topological polar surface area (TPSA) is 89.8 Å². The SMILES string of the molecule is C[C@H]1Oc2cc(cnc2N)-c2c(C#N)nn3c2C(CC3)c2ccccc2-c2ccc(F)cc21. The normalized spacial score (nSPS) is 18.1. The van der Waals surface area contributed by atoms with Gasteiger partial charge in [0.15, 0.2) is 17.3 Å². The van der Waals surface area contributed by atoms with Crippen LogP contribution in [0.1, 0.15) is 47.9 Å². The van der Waals surface area contributed by atoms with Gasteiger partial charge in [0.05, 0.1) is 5.69 Å². The van der Waals surface area contributed by atoms with E-state index in [0.29, 0.717) is 18.0 Å². The fourth-order valence-corrected chi connectivity index (χ4v) is 5.15. The number of pyridine rings is 1. The zero-order chi connectivity index (χ0) is 22.7. The van der Waals surface area contributed by atoms with Gasteiger partial charge in [-0.2, -0.15) is 10.4 Å². The van der Waals surface area contributed by atoms with Crippen LogP contribution in [0.15, 0.2) is 54.7 Å². The van der Waals surface area contributed by atoms with Crippen molar-refractivity contribution in [3.8, 4) is 34.1 Å². The molecule has 4 aromatic rings. The molecule has 0 saturated heterocycles. The predicted octanol–water partition coefficient (Wildman–Crippen LogP) is 5.19. The summed E-state index contributed by atoms with van der Waals surface area (Å²) in [4.78, 5) is 4.34. The van der Waals surface area contributed by atoms with Crippen LogP contribution in [0.4, 0.5) is 10.2 Å². The first-order valence-corrected chi connectivity index (χ1v) is 10.9. The third-order valence-corrected chi connectivity index (χ3v) is 6.61. The molecule has 0 saturated carbocycles. The largest absolute Gasteiger partial charge is 0.482 e. The van der Waals surface area contributed by atoms with Gasteiger partial charge in [-0.3, -0.25) is 4.68 Å². The van der Waals surface area contributed by atoms with E-state index in [4.69, 9.17) is 10.5 Å². The molecule has 2 aliphatic heterocycles. The van der Waals surface area contributed by atoms with Crippen LogP contribution in [-0.4, -0.2) is 14.8 Å². The molecule has 2 bridgehead atoms. The highest BCUT2D eigenvalue weighted by Gasteiger charge is 2.34. The number of ether oxygens (including phenoxy) is 1. The Hall–Kier alpha value is -4.18. The molecule has 2 aromatic carbocycles. The summed E-state index contributed by atoms with van der Waals surface area (Å²) < 4.78 is 22.5. The van der Waals surface area contributed by atoms with Crippen LogP contribution in [0.2, 0.25) is 0 Å². The quantitative estimate of drug-likeness (QED) is 0.409. The fraction of sp³-hybridized carbons (Fsp3) is 0.192. The van der Waals surface area contributed by atoms with E-state index in [2.05, 4.69) is 28.3 Å². The van der Waals surface area contributed by atoms with Gasteiger partial charge in [-0.25, -0.2) is 9.37 Å². The Balaban J connectivity index is 1.72. The first-order chi connectivity index (χ1) is 16.0. The van der Waals surface area contributed by atoms with Crippen molar-refractivity contribution in [2.24, 2.45) is 0 Å². The lowest BCUT2D eigenvalue weighted by Crippen LogP contribution is -2.10. The lowest BCUT2D eigenvalue weighted by molar-refractivity contribution is 0.228. The average molecular weight is 437 g/mol. The van der Waals surface area contributed by atoms with Gasteiger partial charge in [0.2, 0.25) is 0 Å². The molecule has 0 spiro atoms. The van der Waals surface area contributed by atoms with Gasteiger partial charge in [0.25, 0.3) is 0 Å². The summed E-state index contributed by atoms with van der Waals surface area (Å²) in [6.45, 7) is 2.58. The number of halogens is 1. The maximum absolute atomic E-state index is 14.4. The Kier molecular flexibility index (Phi) is 4.24. The molecule has 0 radical (unpaired) electrons. The lowest BCUT2D eigenvalue weighted by atomic mass is 9.83. The standard InChI is InChI=1S/C26H20FN5O/c1-14-21-11-16(27)6-7-19(21)17-4-2-3-5-18(17)20-8-9-32-25(20)24(22(12-28)31-32)15-10-23(33-14)26(29)30-13-15/h2-7,10-11,13-14,20H,8-9H2,1H3,(H2,29,30)/t14-,20?/m1/s1. The Labute approximate surface area is 190 Å². The van der Waals surface area contributed by atoms with Crippen LogP contribution in [0.3, 0.4) is 0 Å². The Bertz CT molecular complexity index is 1470. The van der Waals surface area contributed by atoms with Crippen LogP contribution in [0.25, 0.3) is 22.3 Å². The summed E-state index contributed by atoms with van der Waals surface area (Å²) in [5.74, 6) is 0.330. The highest BCUT2D eigenvalue weighted by Crippen LogP contribution is 2.47. The maximum Gasteiger partial charge on any atom is 0.170 e. The fourth-order valence-electron chi connectivity index (χ4n) is 5.15. The van der Waals surface area contributed by atoms with Crippen molar-refractivity contribution in [1.82, 2.24) is 14.8 Å². The van der Waals surface area contributed by atoms with Gasteiger partial charge in [-0.15, -0.1) is 0 Å². The molecular weight excluding hydrogens is 417 g/mol. The molecule has 2 aliphatic rings. The van der Waals surface area contributed by atoms with E-state index in [1.807, 2.05) is 23.7 Å². The molecule has 6 rings (SSSR count). The van der Waals surface area contributed by atoms with Gasteiger partial charge >= 0.3 is 0 Å². The number of nitrogens with zero attached hydrogens (tertiary/aromatic N) is 4. The Morgan fingerprint density at radius 3 is 2.82 bits per heavy atom. The van der Waals surface area contributed by atoms with Crippen molar-refractivity contribution in [2.45, 2.75) is 31.9 Å². The summed E-state index contributed by atoms with van der Waals surface area (Å²) in [7, 11) is 0. The maximum atomic E-state index is 14.4. The summed E-state index contributed by atoms with van der Waals surface area (Å²) in [6.07, 6.45) is 2.03. The van der Waals surface area contributed by atoms with E-state index < -0.39 is 6.10 Å². The minimum atomic E-state index is -0.483. The summed E-state index contributed by atoms with van der Waals surface area (Å²) >= 11 is 0. The zero-order valence-corrected chi connectivity index (χ0v) is 17.9. The number of hydrogen-bond donors (Lipinski definition) is 1. The third kappa shape index (κ3) is 2.91. The molecule has 0 fully saturated rings. The third-order valence-electron chi connectivity index (χ3n) is 6.61. The van der Waals surface area contributed by atoms with E-state index in [-0.39, 0.29) is 17.6 Å². The van der Waals surface area contributed by atoms with Crippen LogP contribution in [0, 0.1) is 17.1 Å². The minimum absolute atomic E-state index is 0.0281. The number of benzene rings is 2. The number of rotatable bonds is 0. The van der Waals surface area contributed by atoms with Crippen molar-refractivity contribution >= 4 is 5.82 Å². The van der Waals surface area contributed by atoms with Crippen molar-refractivity contribution in [1.29, 1.82) is 5.26 Å². The second-order valence-electron chi connectivity index (χ2n) is 8.47. The first kappa shape index (κ1) is 19.5. The molecule has 2 N–H and O–H groups in total. The van der Waals surface area contributed by atoms with E-state index in [9.17, 15) is 9.65 Å². The van der Waals surface area contributed by atoms with Crippen molar-refractivity contribution in [2.75, 3.05) is 5.73 Å². The number of hydrogen-bond acceptors (Lipinski definition) is 5. The molecule has 1 unspecified atom stereocenters. The minimum Gasteiger partial charge on any atom is -0.482 e. The van der Waals surface area contributed by atoms with E-state index >= 15 is 0 Å². The molecule has 0 aliphatic carbocycles. The van der Waals surface area contributed by atoms with Gasteiger partial charge in [-0.1, -0.05) is 30.3 Å². The molecule has 4 heterocycles. The van der Waals surface area contributed by atoms with Crippen molar-refractivity contribution in [3.63, 3.8) is 0 Å². The van der Waals surface area contributed by atoms with E-state index in [1.165, 1.54) is 12.1 Å². The Morgan fingerprint density at radius 2 is 1.97 bits per heavy atom.